The lowest BCUT2D eigenvalue weighted by atomic mass is 9.89. The van der Waals surface area contributed by atoms with Gasteiger partial charge in [-0.05, 0) is 35.6 Å². The molecule has 1 fully saturated rings. The SMILES string of the molecule is CO[C@@H]1CCC[C@@H](NC(=O)Cc2ccc3ccccc3c2)[C@H]1O. The number of aliphatic hydroxyl groups is 1. The zero-order chi connectivity index (χ0) is 16.2. The minimum Gasteiger partial charge on any atom is -0.388 e. The number of carbonyl (C=O) groups is 1. The lowest BCUT2D eigenvalue weighted by molar-refractivity contribution is -0.124. The Labute approximate surface area is 136 Å². The molecule has 3 atom stereocenters. The molecule has 2 aromatic rings. The third-order valence-corrected chi connectivity index (χ3v) is 4.62. The molecule has 1 amide bonds. The molecule has 1 saturated carbocycles. The summed E-state index contributed by atoms with van der Waals surface area (Å²) in [4.78, 5) is 12.3. The van der Waals surface area contributed by atoms with Crippen molar-refractivity contribution >= 4 is 16.7 Å². The average Bonchev–Trinajstić information content (AvgIpc) is 2.56. The number of amides is 1. The zero-order valence-corrected chi connectivity index (χ0v) is 13.4. The molecule has 3 rings (SSSR count). The summed E-state index contributed by atoms with van der Waals surface area (Å²) in [5.74, 6) is -0.0546. The van der Waals surface area contributed by atoms with Crippen LogP contribution in [0.25, 0.3) is 10.8 Å². The van der Waals surface area contributed by atoms with Crippen LogP contribution in [0.2, 0.25) is 0 Å². The van der Waals surface area contributed by atoms with Gasteiger partial charge in [-0.2, -0.15) is 0 Å². The standard InChI is InChI=1S/C19H23NO3/c1-23-17-8-4-7-16(19(17)22)20-18(21)12-13-9-10-14-5-2-3-6-15(14)11-13/h2-3,5-6,9-11,16-17,19,22H,4,7-8,12H2,1H3,(H,20,21)/t16-,17-,19-/m1/s1. The maximum atomic E-state index is 12.3. The molecule has 23 heavy (non-hydrogen) atoms. The molecule has 0 heterocycles. The van der Waals surface area contributed by atoms with Gasteiger partial charge in [-0.25, -0.2) is 0 Å². The number of rotatable bonds is 4. The number of benzene rings is 2. The topological polar surface area (TPSA) is 58.6 Å². The molecule has 0 bridgehead atoms. The van der Waals surface area contributed by atoms with Gasteiger partial charge in [0.15, 0.2) is 0 Å². The number of hydrogen-bond donors (Lipinski definition) is 2. The van der Waals surface area contributed by atoms with Crippen LogP contribution in [-0.2, 0) is 16.0 Å². The second-order valence-corrected chi connectivity index (χ2v) is 6.23. The number of carbonyl (C=O) groups excluding carboxylic acids is 1. The van der Waals surface area contributed by atoms with Crippen LogP contribution >= 0.6 is 0 Å². The van der Waals surface area contributed by atoms with E-state index in [-0.39, 0.29) is 18.1 Å². The second kappa shape index (κ2) is 7.11. The van der Waals surface area contributed by atoms with Gasteiger partial charge in [0.25, 0.3) is 0 Å². The number of ether oxygens (including phenoxy) is 1. The van der Waals surface area contributed by atoms with E-state index in [9.17, 15) is 9.90 Å². The monoisotopic (exact) mass is 313 g/mol. The molecular formula is C19H23NO3. The highest BCUT2D eigenvalue weighted by Crippen LogP contribution is 2.22. The first-order chi connectivity index (χ1) is 11.2. The van der Waals surface area contributed by atoms with Gasteiger partial charge in [-0.1, -0.05) is 42.5 Å². The summed E-state index contributed by atoms with van der Waals surface area (Å²) in [5.41, 5.74) is 0.981. The van der Waals surface area contributed by atoms with Gasteiger partial charge in [-0.15, -0.1) is 0 Å². The van der Waals surface area contributed by atoms with Gasteiger partial charge in [0.05, 0.1) is 18.6 Å². The second-order valence-electron chi connectivity index (χ2n) is 6.23. The number of methoxy groups -OCH3 is 1. The highest BCUT2D eigenvalue weighted by molar-refractivity contribution is 5.85. The zero-order valence-electron chi connectivity index (χ0n) is 13.4. The molecule has 0 aromatic heterocycles. The van der Waals surface area contributed by atoms with Crippen LogP contribution in [-0.4, -0.2) is 36.4 Å². The molecule has 4 heteroatoms. The summed E-state index contributed by atoms with van der Waals surface area (Å²) >= 11 is 0. The van der Waals surface area contributed by atoms with Gasteiger partial charge in [0.1, 0.15) is 6.10 Å². The maximum absolute atomic E-state index is 12.3. The fraction of sp³-hybridized carbons (Fsp3) is 0.421. The van der Waals surface area contributed by atoms with Gasteiger partial charge in [-0.3, -0.25) is 4.79 Å². The van der Waals surface area contributed by atoms with Crippen LogP contribution in [0.15, 0.2) is 42.5 Å². The Hall–Kier alpha value is -1.91. The Kier molecular flexibility index (Phi) is 4.94. The summed E-state index contributed by atoms with van der Waals surface area (Å²) < 4.78 is 5.28. The maximum Gasteiger partial charge on any atom is 0.224 e. The van der Waals surface area contributed by atoms with Gasteiger partial charge in [0.2, 0.25) is 5.91 Å². The largest absolute Gasteiger partial charge is 0.388 e. The van der Waals surface area contributed by atoms with Crippen LogP contribution in [0.4, 0.5) is 0 Å². The predicted molar refractivity (Wildman–Crippen MR) is 90.2 cm³/mol. The minimum absolute atomic E-state index is 0.0546. The van der Waals surface area contributed by atoms with E-state index >= 15 is 0 Å². The van der Waals surface area contributed by atoms with Crippen molar-refractivity contribution in [3.05, 3.63) is 48.0 Å². The molecule has 0 aliphatic heterocycles. The van der Waals surface area contributed by atoms with E-state index in [1.54, 1.807) is 7.11 Å². The van der Waals surface area contributed by atoms with E-state index in [1.165, 1.54) is 5.39 Å². The van der Waals surface area contributed by atoms with Gasteiger partial charge in [0, 0.05) is 7.11 Å². The van der Waals surface area contributed by atoms with Crippen molar-refractivity contribution in [1.29, 1.82) is 0 Å². The molecule has 4 nitrogen and oxygen atoms in total. The van der Waals surface area contributed by atoms with E-state index in [0.717, 1.165) is 30.2 Å². The third kappa shape index (κ3) is 3.71. The molecule has 1 aliphatic carbocycles. The summed E-state index contributed by atoms with van der Waals surface area (Å²) in [7, 11) is 1.60. The van der Waals surface area contributed by atoms with Crippen molar-refractivity contribution < 1.29 is 14.6 Å². The number of nitrogens with one attached hydrogen (secondary N) is 1. The lowest BCUT2D eigenvalue weighted by Crippen LogP contribution is -2.51. The normalized spacial score (nSPS) is 24.5. The predicted octanol–water partition coefficient (Wildman–Crippen LogP) is 2.43. The van der Waals surface area contributed by atoms with Crippen LogP contribution < -0.4 is 5.32 Å². The van der Waals surface area contributed by atoms with Crippen molar-refractivity contribution in [2.75, 3.05) is 7.11 Å². The van der Waals surface area contributed by atoms with Crippen molar-refractivity contribution in [2.24, 2.45) is 0 Å². The summed E-state index contributed by atoms with van der Waals surface area (Å²) in [5, 5.41) is 15.5. The molecule has 1 aliphatic rings. The molecule has 0 spiro atoms. The molecule has 0 saturated heterocycles. The third-order valence-electron chi connectivity index (χ3n) is 4.62. The number of aliphatic hydroxyl groups excluding tert-OH is 1. The van der Waals surface area contributed by atoms with Crippen molar-refractivity contribution in [2.45, 2.75) is 43.9 Å². The smallest absolute Gasteiger partial charge is 0.224 e. The Balaban J connectivity index is 1.64. The van der Waals surface area contributed by atoms with Crippen LogP contribution in [0, 0.1) is 0 Å². The highest BCUT2D eigenvalue weighted by Gasteiger charge is 2.32. The Morgan fingerprint density at radius 1 is 1.22 bits per heavy atom. The van der Waals surface area contributed by atoms with Crippen molar-refractivity contribution in [3.63, 3.8) is 0 Å². The van der Waals surface area contributed by atoms with Crippen LogP contribution in [0.3, 0.4) is 0 Å². The van der Waals surface area contributed by atoms with Crippen LogP contribution in [0.5, 0.6) is 0 Å². The Morgan fingerprint density at radius 3 is 2.78 bits per heavy atom. The summed E-state index contributed by atoms with van der Waals surface area (Å²) in [6.45, 7) is 0. The molecule has 2 aromatic carbocycles. The fourth-order valence-electron chi connectivity index (χ4n) is 3.35. The van der Waals surface area contributed by atoms with Crippen LogP contribution in [0.1, 0.15) is 24.8 Å². The highest BCUT2D eigenvalue weighted by atomic mass is 16.5. The van der Waals surface area contributed by atoms with Crippen molar-refractivity contribution in [3.8, 4) is 0 Å². The van der Waals surface area contributed by atoms with E-state index in [2.05, 4.69) is 11.4 Å². The lowest BCUT2D eigenvalue weighted by Gasteiger charge is -2.34. The summed E-state index contributed by atoms with van der Waals surface area (Å²) in [6, 6.07) is 13.9. The molecule has 2 N–H and O–H groups in total. The van der Waals surface area contributed by atoms with E-state index < -0.39 is 6.10 Å². The van der Waals surface area contributed by atoms with E-state index in [4.69, 9.17) is 4.74 Å². The van der Waals surface area contributed by atoms with E-state index in [0.29, 0.717) is 6.42 Å². The molecule has 122 valence electrons. The van der Waals surface area contributed by atoms with Gasteiger partial charge < -0.3 is 15.2 Å². The van der Waals surface area contributed by atoms with E-state index in [1.807, 2.05) is 36.4 Å². The first-order valence-corrected chi connectivity index (χ1v) is 8.15. The summed E-state index contributed by atoms with van der Waals surface area (Å²) in [6.07, 6.45) is 2.10. The minimum atomic E-state index is -0.630. The Bertz CT molecular complexity index is 685. The number of fused-ring (bicyclic) bond motifs is 1. The molecule has 0 radical (unpaired) electrons. The molecule has 0 unspecified atom stereocenters. The van der Waals surface area contributed by atoms with Crippen molar-refractivity contribution in [1.82, 2.24) is 5.32 Å². The quantitative estimate of drug-likeness (QED) is 0.911. The fourth-order valence-corrected chi connectivity index (χ4v) is 3.35. The Morgan fingerprint density at radius 2 is 2.00 bits per heavy atom. The van der Waals surface area contributed by atoms with Gasteiger partial charge >= 0.3 is 0 Å². The first-order valence-electron chi connectivity index (χ1n) is 8.15. The first kappa shape index (κ1) is 16.0. The average molecular weight is 313 g/mol. The number of hydrogen-bond acceptors (Lipinski definition) is 3. The molecular weight excluding hydrogens is 290 g/mol.